The number of fused-ring (bicyclic) bond motifs is 9. The van der Waals surface area contributed by atoms with Crippen LogP contribution in [0.1, 0.15) is 49.9 Å². The molecule has 7 aromatic rings. The highest BCUT2D eigenvalue weighted by molar-refractivity contribution is 5.89. The van der Waals surface area contributed by atoms with E-state index in [4.69, 9.17) is 19.4 Å². The predicted molar refractivity (Wildman–Crippen MR) is 200 cm³/mol. The molecule has 0 saturated carbocycles. The van der Waals surface area contributed by atoms with E-state index in [1.807, 2.05) is 36.4 Å². The SMILES string of the molecule is CC1(C)c2ccccc2-c2ccc(-c3nc(-c4ccccc4)cc(-c4cccc5c4Oc4c(ccc6c4-c4ccccc4C6(C)C)O5)n3)cc21. The topological polar surface area (TPSA) is 44.2 Å². The minimum absolute atomic E-state index is 0.133. The van der Waals surface area contributed by atoms with Crippen LogP contribution in [0.2, 0.25) is 0 Å². The Balaban J connectivity index is 1.14. The molecule has 3 aliphatic rings. The van der Waals surface area contributed by atoms with Crippen LogP contribution in [0.15, 0.2) is 133 Å². The first-order valence-corrected chi connectivity index (χ1v) is 17.2. The second kappa shape index (κ2) is 10.3. The van der Waals surface area contributed by atoms with Crippen LogP contribution in [0.3, 0.4) is 0 Å². The van der Waals surface area contributed by atoms with Crippen molar-refractivity contribution in [2.75, 3.05) is 0 Å². The maximum atomic E-state index is 6.99. The summed E-state index contributed by atoms with van der Waals surface area (Å²) < 4.78 is 13.6. The van der Waals surface area contributed by atoms with Gasteiger partial charge in [0.15, 0.2) is 28.8 Å². The number of aromatic nitrogens is 2. The Labute approximate surface area is 292 Å². The summed E-state index contributed by atoms with van der Waals surface area (Å²) in [6.07, 6.45) is 0. The highest BCUT2D eigenvalue weighted by atomic mass is 16.6. The van der Waals surface area contributed by atoms with E-state index in [2.05, 4.69) is 125 Å². The molecule has 50 heavy (non-hydrogen) atoms. The Morgan fingerprint density at radius 1 is 0.420 bits per heavy atom. The normalized spacial score (nSPS) is 15.0. The van der Waals surface area contributed by atoms with Crippen molar-refractivity contribution in [3.05, 3.63) is 156 Å². The smallest absolute Gasteiger partial charge is 0.179 e. The van der Waals surface area contributed by atoms with Gasteiger partial charge >= 0.3 is 0 Å². The fraction of sp³-hybridized carbons (Fsp3) is 0.130. The van der Waals surface area contributed by atoms with Crippen molar-refractivity contribution in [2.45, 2.75) is 38.5 Å². The molecular weight excluding hydrogens is 613 g/mol. The molecule has 10 rings (SSSR count). The molecule has 1 aliphatic heterocycles. The summed E-state index contributed by atoms with van der Waals surface area (Å²) in [5.74, 6) is 3.46. The molecule has 6 aromatic carbocycles. The van der Waals surface area contributed by atoms with Gasteiger partial charge in [-0.25, -0.2) is 9.97 Å². The number of hydrogen-bond acceptors (Lipinski definition) is 4. The van der Waals surface area contributed by atoms with Crippen LogP contribution in [0.5, 0.6) is 23.0 Å². The zero-order valence-electron chi connectivity index (χ0n) is 28.4. The number of benzene rings is 6. The molecule has 0 bridgehead atoms. The molecule has 0 spiro atoms. The number of ether oxygens (including phenoxy) is 2. The molecule has 0 saturated heterocycles. The van der Waals surface area contributed by atoms with Gasteiger partial charge in [-0.1, -0.05) is 131 Å². The van der Waals surface area contributed by atoms with Crippen LogP contribution in [0, 0.1) is 0 Å². The van der Waals surface area contributed by atoms with Gasteiger partial charge in [0.05, 0.1) is 11.4 Å². The van der Waals surface area contributed by atoms with Crippen molar-refractivity contribution in [1.29, 1.82) is 0 Å². The van der Waals surface area contributed by atoms with Crippen molar-refractivity contribution in [1.82, 2.24) is 9.97 Å². The monoisotopic (exact) mass is 646 g/mol. The Bertz CT molecular complexity index is 2550. The molecular formula is C46H34N2O2. The Kier molecular flexibility index (Phi) is 5.94. The maximum absolute atomic E-state index is 6.99. The molecule has 1 aromatic heterocycles. The zero-order valence-corrected chi connectivity index (χ0v) is 28.4. The van der Waals surface area contributed by atoms with Gasteiger partial charge in [0.25, 0.3) is 0 Å². The van der Waals surface area contributed by atoms with E-state index in [1.54, 1.807) is 0 Å². The lowest BCUT2D eigenvalue weighted by atomic mass is 9.82. The van der Waals surface area contributed by atoms with Crippen LogP contribution in [0.25, 0.3) is 56.2 Å². The van der Waals surface area contributed by atoms with Crippen LogP contribution in [0.4, 0.5) is 0 Å². The van der Waals surface area contributed by atoms with E-state index in [-0.39, 0.29) is 10.8 Å². The summed E-state index contributed by atoms with van der Waals surface area (Å²) >= 11 is 0. The quantitative estimate of drug-likeness (QED) is 0.192. The number of hydrogen-bond donors (Lipinski definition) is 0. The average Bonchev–Trinajstić information content (AvgIpc) is 3.53. The van der Waals surface area contributed by atoms with E-state index in [0.717, 1.165) is 45.1 Å². The third-order valence-electron chi connectivity index (χ3n) is 11.0. The Hall–Kier alpha value is -6.00. The summed E-state index contributed by atoms with van der Waals surface area (Å²) in [6.45, 7) is 9.16. The molecule has 0 fully saturated rings. The van der Waals surface area contributed by atoms with Crippen molar-refractivity contribution >= 4 is 0 Å². The average molecular weight is 647 g/mol. The lowest BCUT2D eigenvalue weighted by Gasteiger charge is -2.26. The highest BCUT2D eigenvalue weighted by Gasteiger charge is 2.40. The molecule has 0 unspecified atom stereocenters. The Morgan fingerprint density at radius 2 is 1.06 bits per heavy atom. The molecule has 240 valence electrons. The van der Waals surface area contributed by atoms with Crippen LogP contribution in [-0.2, 0) is 10.8 Å². The number of nitrogens with zero attached hydrogens (tertiary/aromatic N) is 2. The first-order valence-electron chi connectivity index (χ1n) is 17.2. The second-order valence-corrected chi connectivity index (χ2v) is 14.6. The minimum atomic E-state index is -0.151. The molecule has 4 nitrogen and oxygen atoms in total. The van der Waals surface area contributed by atoms with E-state index in [1.165, 1.54) is 38.9 Å². The predicted octanol–water partition coefficient (Wildman–Crippen LogP) is 12.0. The summed E-state index contributed by atoms with van der Waals surface area (Å²) in [5.41, 5.74) is 14.2. The van der Waals surface area contributed by atoms with E-state index >= 15 is 0 Å². The van der Waals surface area contributed by atoms with Crippen LogP contribution >= 0.6 is 0 Å². The second-order valence-electron chi connectivity index (χ2n) is 14.6. The van der Waals surface area contributed by atoms with Gasteiger partial charge in [-0.15, -0.1) is 0 Å². The summed E-state index contributed by atoms with van der Waals surface area (Å²) in [6, 6.07) is 46.6. The van der Waals surface area contributed by atoms with Gasteiger partial charge in [-0.05, 0) is 69.3 Å². The van der Waals surface area contributed by atoms with Gasteiger partial charge in [0.2, 0.25) is 0 Å². The fourth-order valence-electron chi connectivity index (χ4n) is 8.36. The van der Waals surface area contributed by atoms with Crippen LogP contribution in [-0.4, -0.2) is 9.97 Å². The van der Waals surface area contributed by atoms with E-state index in [0.29, 0.717) is 17.3 Å². The fourth-order valence-corrected chi connectivity index (χ4v) is 8.36. The number of rotatable bonds is 3. The van der Waals surface area contributed by atoms with Gasteiger partial charge < -0.3 is 9.47 Å². The lowest BCUT2D eigenvalue weighted by Crippen LogP contribution is -2.15. The molecule has 0 N–H and O–H groups in total. The van der Waals surface area contributed by atoms with Crippen molar-refractivity contribution in [3.8, 4) is 79.2 Å². The van der Waals surface area contributed by atoms with Crippen LogP contribution < -0.4 is 9.47 Å². The summed E-state index contributed by atoms with van der Waals surface area (Å²) in [7, 11) is 0. The van der Waals surface area contributed by atoms with Crippen molar-refractivity contribution < 1.29 is 9.47 Å². The summed E-state index contributed by atoms with van der Waals surface area (Å²) in [4.78, 5) is 10.4. The van der Waals surface area contributed by atoms with Gasteiger partial charge in [-0.2, -0.15) is 0 Å². The van der Waals surface area contributed by atoms with Gasteiger partial charge in [-0.3, -0.25) is 0 Å². The van der Waals surface area contributed by atoms with Crippen molar-refractivity contribution in [3.63, 3.8) is 0 Å². The largest absolute Gasteiger partial charge is 0.449 e. The molecule has 2 heterocycles. The third kappa shape index (κ3) is 4.05. The highest BCUT2D eigenvalue weighted by Crippen LogP contribution is 2.59. The molecule has 0 amide bonds. The lowest BCUT2D eigenvalue weighted by molar-refractivity contribution is 0.361. The first kappa shape index (κ1) is 29.0. The zero-order chi connectivity index (χ0) is 33.8. The van der Waals surface area contributed by atoms with E-state index < -0.39 is 0 Å². The van der Waals surface area contributed by atoms with Gasteiger partial charge in [0.1, 0.15) is 0 Å². The molecule has 0 radical (unpaired) electrons. The number of para-hydroxylation sites is 1. The standard InChI is InChI=1S/C46H34N2O2/c1-45(2)34-19-11-9-16-31(34)41-35(45)23-24-40-43(41)50-42-32(17-12-20-39(42)49-40)38-26-37(27-13-6-5-7-14-27)47-44(48-38)28-21-22-30-29-15-8-10-18-33(29)46(3,4)36(30)25-28/h5-26H,1-4H3. The summed E-state index contributed by atoms with van der Waals surface area (Å²) in [5, 5.41) is 0. The third-order valence-corrected chi connectivity index (χ3v) is 11.0. The molecule has 4 heteroatoms. The maximum Gasteiger partial charge on any atom is 0.179 e. The first-order chi connectivity index (χ1) is 24.3. The molecule has 2 aliphatic carbocycles. The minimum Gasteiger partial charge on any atom is -0.449 e. The molecule has 0 atom stereocenters. The van der Waals surface area contributed by atoms with E-state index in [9.17, 15) is 0 Å². The Morgan fingerprint density at radius 3 is 1.88 bits per heavy atom. The van der Waals surface area contributed by atoms with Crippen molar-refractivity contribution in [2.24, 2.45) is 0 Å². The van der Waals surface area contributed by atoms with Gasteiger partial charge in [0, 0.05) is 33.1 Å².